The van der Waals surface area contributed by atoms with Crippen LogP contribution >= 0.6 is 0 Å². The molecule has 0 unspecified atom stereocenters. The van der Waals surface area contributed by atoms with Crippen molar-refractivity contribution in [3.63, 3.8) is 0 Å². The molecule has 4 nitrogen and oxygen atoms in total. The van der Waals surface area contributed by atoms with E-state index in [0.717, 1.165) is 37.8 Å². The van der Waals surface area contributed by atoms with Crippen molar-refractivity contribution in [1.82, 2.24) is 10.2 Å². The zero-order chi connectivity index (χ0) is 16.0. The van der Waals surface area contributed by atoms with Gasteiger partial charge < -0.3 is 14.5 Å². The van der Waals surface area contributed by atoms with Gasteiger partial charge in [-0.25, -0.2) is 0 Å². The number of methoxy groups -OCH3 is 1. The molecule has 0 atom stereocenters. The molecule has 0 amide bonds. The highest BCUT2D eigenvalue weighted by Gasteiger charge is 2.16. The molecule has 1 N–H and O–H groups in total. The van der Waals surface area contributed by atoms with Crippen molar-refractivity contribution in [3.8, 4) is 0 Å². The summed E-state index contributed by atoms with van der Waals surface area (Å²) >= 11 is 0. The average molecular weight is 296 g/mol. The summed E-state index contributed by atoms with van der Waals surface area (Å²) in [4.78, 5) is 2.41. The minimum Gasteiger partial charge on any atom is -0.465 e. The van der Waals surface area contributed by atoms with Gasteiger partial charge in [-0.15, -0.1) is 0 Å². The first-order chi connectivity index (χ1) is 9.73. The predicted molar refractivity (Wildman–Crippen MR) is 87.5 cm³/mol. The fourth-order valence-electron chi connectivity index (χ4n) is 2.13. The molecule has 21 heavy (non-hydrogen) atoms. The van der Waals surface area contributed by atoms with Crippen LogP contribution in [0.1, 0.15) is 51.7 Å². The maximum absolute atomic E-state index is 5.87. The van der Waals surface area contributed by atoms with Gasteiger partial charge in [-0.05, 0) is 47.6 Å². The van der Waals surface area contributed by atoms with E-state index in [-0.39, 0.29) is 5.54 Å². The Morgan fingerprint density at radius 1 is 1.33 bits per heavy atom. The standard InChI is InChI=1S/C17H32N2O2/c1-13(2)19(8-9-20-7)12-15-10-16(21-14(15)3)11-18-17(4,5)6/h10,13,18H,8-9,11-12H2,1-7H3. The average Bonchev–Trinajstić information content (AvgIpc) is 2.71. The number of aryl methyl sites for hydroxylation is 1. The Morgan fingerprint density at radius 3 is 2.52 bits per heavy atom. The lowest BCUT2D eigenvalue weighted by Gasteiger charge is -2.25. The first-order valence-electron chi connectivity index (χ1n) is 7.79. The number of hydrogen-bond donors (Lipinski definition) is 1. The summed E-state index contributed by atoms with van der Waals surface area (Å²) < 4.78 is 11.1. The molecule has 0 fully saturated rings. The fourth-order valence-corrected chi connectivity index (χ4v) is 2.13. The van der Waals surface area contributed by atoms with Crippen molar-refractivity contribution in [2.24, 2.45) is 0 Å². The molecule has 0 aromatic carbocycles. The van der Waals surface area contributed by atoms with E-state index in [2.05, 4.69) is 50.9 Å². The SMILES string of the molecule is COCCN(Cc1cc(CNC(C)(C)C)oc1C)C(C)C. The smallest absolute Gasteiger partial charge is 0.118 e. The molecular weight excluding hydrogens is 264 g/mol. The quantitative estimate of drug-likeness (QED) is 0.798. The minimum atomic E-state index is 0.100. The monoisotopic (exact) mass is 296 g/mol. The zero-order valence-electron chi connectivity index (χ0n) is 14.7. The van der Waals surface area contributed by atoms with Crippen molar-refractivity contribution >= 4 is 0 Å². The third-order valence-electron chi connectivity index (χ3n) is 3.55. The van der Waals surface area contributed by atoms with Crippen molar-refractivity contribution in [1.29, 1.82) is 0 Å². The first kappa shape index (κ1) is 18.2. The number of nitrogens with zero attached hydrogens (tertiary/aromatic N) is 1. The minimum absolute atomic E-state index is 0.100. The molecule has 0 aliphatic carbocycles. The van der Waals surface area contributed by atoms with Gasteiger partial charge in [0.05, 0.1) is 13.2 Å². The van der Waals surface area contributed by atoms with Crippen LogP contribution in [0.25, 0.3) is 0 Å². The Hall–Kier alpha value is -0.840. The second kappa shape index (κ2) is 7.97. The van der Waals surface area contributed by atoms with Gasteiger partial charge in [-0.2, -0.15) is 0 Å². The molecule has 0 spiro atoms. The summed E-state index contributed by atoms with van der Waals surface area (Å²) in [6.07, 6.45) is 0. The van der Waals surface area contributed by atoms with Crippen LogP contribution in [-0.4, -0.2) is 36.7 Å². The first-order valence-corrected chi connectivity index (χ1v) is 7.79. The lowest BCUT2D eigenvalue weighted by Crippen LogP contribution is -2.35. The normalized spacial score (nSPS) is 12.6. The fraction of sp³-hybridized carbons (Fsp3) is 0.765. The van der Waals surface area contributed by atoms with Gasteiger partial charge in [0.15, 0.2) is 0 Å². The molecule has 122 valence electrons. The number of furan rings is 1. The second-order valence-electron chi connectivity index (χ2n) is 6.95. The van der Waals surface area contributed by atoms with Crippen LogP contribution in [0.5, 0.6) is 0 Å². The molecule has 0 radical (unpaired) electrons. The third kappa shape index (κ3) is 6.64. The Labute approximate surface area is 129 Å². The lowest BCUT2D eigenvalue weighted by molar-refractivity contribution is 0.124. The van der Waals surface area contributed by atoms with E-state index in [4.69, 9.17) is 9.15 Å². The molecule has 0 aliphatic heterocycles. The Balaban J connectivity index is 2.67. The maximum atomic E-state index is 5.87. The van der Waals surface area contributed by atoms with Gasteiger partial charge in [0.25, 0.3) is 0 Å². The van der Waals surface area contributed by atoms with E-state index in [1.807, 2.05) is 6.92 Å². The summed E-state index contributed by atoms with van der Waals surface area (Å²) in [7, 11) is 1.75. The van der Waals surface area contributed by atoms with Crippen LogP contribution in [0.3, 0.4) is 0 Å². The van der Waals surface area contributed by atoms with Crippen LogP contribution in [-0.2, 0) is 17.8 Å². The van der Waals surface area contributed by atoms with E-state index in [0.29, 0.717) is 6.04 Å². The zero-order valence-corrected chi connectivity index (χ0v) is 14.7. The lowest BCUT2D eigenvalue weighted by atomic mass is 10.1. The number of ether oxygens (including phenoxy) is 1. The van der Waals surface area contributed by atoms with Crippen LogP contribution in [0.4, 0.5) is 0 Å². The summed E-state index contributed by atoms with van der Waals surface area (Å²) in [6.45, 7) is 16.3. The molecule has 1 heterocycles. The number of nitrogens with one attached hydrogen (secondary N) is 1. The van der Waals surface area contributed by atoms with Crippen LogP contribution in [0.2, 0.25) is 0 Å². The van der Waals surface area contributed by atoms with E-state index in [1.54, 1.807) is 7.11 Å². The second-order valence-corrected chi connectivity index (χ2v) is 6.95. The van der Waals surface area contributed by atoms with Crippen molar-refractivity contribution < 1.29 is 9.15 Å². The molecule has 1 rings (SSSR count). The van der Waals surface area contributed by atoms with Crippen molar-refractivity contribution in [3.05, 3.63) is 23.2 Å². The molecule has 0 bridgehead atoms. The molecule has 0 saturated heterocycles. The topological polar surface area (TPSA) is 37.6 Å². The van der Waals surface area contributed by atoms with Gasteiger partial charge >= 0.3 is 0 Å². The molecule has 4 heteroatoms. The number of hydrogen-bond acceptors (Lipinski definition) is 4. The van der Waals surface area contributed by atoms with Crippen LogP contribution in [0.15, 0.2) is 10.5 Å². The van der Waals surface area contributed by atoms with E-state index >= 15 is 0 Å². The van der Waals surface area contributed by atoms with Crippen LogP contribution < -0.4 is 5.32 Å². The van der Waals surface area contributed by atoms with Gasteiger partial charge in [0.2, 0.25) is 0 Å². The number of rotatable bonds is 8. The highest BCUT2D eigenvalue weighted by molar-refractivity contribution is 5.21. The van der Waals surface area contributed by atoms with Gasteiger partial charge in [0, 0.05) is 37.3 Å². The highest BCUT2D eigenvalue weighted by Crippen LogP contribution is 2.18. The molecule has 0 saturated carbocycles. The molecule has 1 aromatic heterocycles. The van der Waals surface area contributed by atoms with Gasteiger partial charge in [-0.3, -0.25) is 4.90 Å². The maximum Gasteiger partial charge on any atom is 0.118 e. The van der Waals surface area contributed by atoms with E-state index < -0.39 is 0 Å². The third-order valence-corrected chi connectivity index (χ3v) is 3.55. The van der Waals surface area contributed by atoms with Crippen LogP contribution in [0, 0.1) is 6.92 Å². The molecular formula is C17H32N2O2. The summed E-state index contributed by atoms with van der Waals surface area (Å²) in [5.41, 5.74) is 1.37. The summed E-state index contributed by atoms with van der Waals surface area (Å²) in [6, 6.07) is 2.67. The Bertz CT molecular complexity index is 419. The van der Waals surface area contributed by atoms with Gasteiger partial charge in [0.1, 0.15) is 11.5 Å². The highest BCUT2D eigenvalue weighted by atomic mass is 16.5. The van der Waals surface area contributed by atoms with E-state index in [9.17, 15) is 0 Å². The summed E-state index contributed by atoms with van der Waals surface area (Å²) in [5.74, 6) is 2.02. The Morgan fingerprint density at radius 2 is 2.00 bits per heavy atom. The Kier molecular flexibility index (Phi) is 6.91. The van der Waals surface area contributed by atoms with Crippen molar-refractivity contribution in [2.75, 3.05) is 20.3 Å². The predicted octanol–water partition coefficient (Wildman–Crippen LogP) is 3.33. The largest absolute Gasteiger partial charge is 0.465 e. The van der Waals surface area contributed by atoms with E-state index in [1.165, 1.54) is 5.56 Å². The molecule has 0 aliphatic rings. The molecule has 1 aromatic rings. The summed E-state index contributed by atoms with van der Waals surface area (Å²) in [5, 5.41) is 3.46. The van der Waals surface area contributed by atoms with Crippen molar-refractivity contribution in [2.45, 2.75) is 66.2 Å². The van der Waals surface area contributed by atoms with Gasteiger partial charge in [-0.1, -0.05) is 0 Å².